The maximum absolute atomic E-state index is 11.7. The summed E-state index contributed by atoms with van der Waals surface area (Å²) < 4.78 is 28.1. The predicted octanol–water partition coefficient (Wildman–Crippen LogP) is 2.94. The average Bonchev–Trinajstić information content (AvgIpc) is 1.94. The summed E-state index contributed by atoms with van der Waals surface area (Å²) in [5.74, 6) is -0.105. The first kappa shape index (κ1) is 9.91. The maximum Gasteiger partial charge on any atom is 0.387 e. The molecular formula is C6H3ClF2INO. The minimum Gasteiger partial charge on any atom is -0.432 e. The molecule has 0 fully saturated rings. The fourth-order valence-electron chi connectivity index (χ4n) is 0.578. The second-order valence-electron chi connectivity index (χ2n) is 1.82. The van der Waals surface area contributed by atoms with Crippen molar-refractivity contribution < 1.29 is 13.5 Å². The molecule has 0 amide bonds. The van der Waals surface area contributed by atoms with Gasteiger partial charge in [-0.2, -0.15) is 8.78 Å². The van der Waals surface area contributed by atoms with Crippen LogP contribution in [0.1, 0.15) is 0 Å². The van der Waals surface area contributed by atoms with Crippen LogP contribution in [0, 0.1) is 3.70 Å². The number of hydrogen-bond acceptors (Lipinski definition) is 2. The number of nitrogens with zero attached hydrogens (tertiary/aromatic N) is 1. The van der Waals surface area contributed by atoms with Gasteiger partial charge in [-0.05, 0) is 28.7 Å². The monoisotopic (exact) mass is 305 g/mol. The summed E-state index contributed by atoms with van der Waals surface area (Å²) in [5.41, 5.74) is 0. The van der Waals surface area contributed by atoms with Crippen molar-refractivity contribution in [2.24, 2.45) is 0 Å². The Morgan fingerprint density at radius 3 is 2.75 bits per heavy atom. The molecular weight excluding hydrogens is 302 g/mol. The highest BCUT2D eigenvalue weighted by molar-refractivity contribution is 14.1. The summed E-state index contributed by atoms with van der Waals surface area (Å²) in [6.07, 6.45) is 1.16. The Hall–Kier alpha value is -0.170. The SMILES string of the molecule is FC(F)Oc1cnc(I)cc1Cl. The van der Waals surface area contributed by atoms with Crippen molar-refractivity contribution in [1.82, 2.24) is 4.98 Å². The molecule has 0 N–H and O–H groups in total. The van der Waals surface area contributed by atoms with Crippen molar-refractivity contribution in [2.45, 2.75) is 6.61 Å². The van der Waals surface area contributed by atoms with Crippen molar-refractivity contribution in [3.05, 3.63) is 21.0 Å². The van der Waals surface area contributed by atoms with E-state index in [4.69, 9.17) is 11.6 Å². The van der Waals surface area contributed by atoms with Crippen LogP contribution in [0.3, 0.4) is 0 Å². The smallest absolute Gasteiger partial charge is 0.387 e. The first-order valence-electron chi connectivity index (χ1n) is 2.85. The average molecular weight is 305 g/mol. The fraction of sp³-hybridized carbons (Fsp3) is 0.167. The third-order valence-electron chi connectivity index (χ3n) is 1.00. The van der Waals surface area contributed by atoms with Crippen LogP contribution < -0.4 is 4.74 Å². The van der Waals surface area contributed by atoms with E-state index in [1.54, 1.807) is 0 Å². The molecule has 1 rings (SSSR count). The number of rotatable bonds is 2. The normalized spacial score (nSPS) is 10.4. The zero-order valence-electron chi connectivity index (χ0n) is 5.60. The molecule has 6 heteroatoms. The maximum atomic E-state index is 11.7. The number of halogens is 4. The van der Waals surface area contributed by atoms with Gasteiger partial charge in [-0.3, -0.25) is 0 Å². The molecule has 0 unspecified atom stereocenters. The van der Waals surface area contributed by atoms with E-state index >= 15 is 0 Å². The lowest BCUT2D eigenvalue weighted by Crippen LogP contribution is -2.02. The summed E-state index contributed by atoms with van der Waals surface area (Å²) in [5, 5.41) is 0.134. The summed E-state index contributed by atoms with van der Waals surface area (Å²) in [6.45, 7) is -2.87. The van der Waals surface area contributed by atoms with E-state index in [1.165, 1.54) is 6.07 Å². The molecule has 2 nitrogen and oxygen atoms in total. The number of aromatic nitrogens is 1. The third kappa shape index (κ3) is 2.71. The van der Waals surface area contributed by atoms with Gasteiger partial charge < -0.3 is 4.74 Å². The van der Waals surface area contributed by atoms with Gasteiger partial charge in [0.25, 0.3) is 0 Å². The zero-order chi connectivity index (χ0) is 9.14. The lowest BCUT2D eigenvalue weighted by atomic mass is 10.5. The number of ether oxygens (including phenoxy) is 1. The van der Waals surface area contributed by atoms with E-state index < -0.39 is 6.61 Å². The number of pyridine rings is 1. The van der Waals surface area contributed by atoms with Crippen LogP contribution in [0.25, 0.3) is 0 Å². The number of alkyl halides is 2. The molecule has 1 heterocycles. The van der Waals surface area contributed by atoms with Crippen LogP contribution >= 0.6 is 34.2 Å². The van der Waals surface area contributed by atoms with Crippen LogP contribution in [0.5, 0.6) is 5.75 Å². The Bertz CT molecular complexity index is 284. The van der Waals surface area contributed by atoms with E-state index in [-0.39, 0.29) is 10.8 Å². The Kier molecular flexibility index (Phi) is 3.45. The van der Waals surface area contributed by atoms with E-state index in [1.807, 2.05) is 22.6 Å². The zero-order valence-corrected chi connectivity index (χ0v) is 8.51. The molecule has 1 aromatic rings. The molecule has 0 atom stereocenters. The second kappa shape index (κ2) is 4.18. The first-order valence-corrected chi connectivity index (χ1v) is 4.31. The van der Waals surface area contributed by atoms with Crippen LogP contribution in [-0.4, -0.2) is 11.6 Å². The number of hydrogen-bond donors (Lipinski definition) is 0. The summed E-state index contributed by atoms with van der Waals surface area (Å²) in [7, 11) is 0. The highest BCUT2D eigenvalue weighted by Gasteiger charge is 2.08. The molecule has 0 aliphatic heterocycles. The van der Waals surface area contributed by atoms with Crippen molar-refractivity contribution in [2.75, 3.05) is 0 Å². The van der Waals surface area contributed by atoms with Crippen LogP contribution in [0.4, 0.5) is 8.78 Å². The predicted molar refractivity (Wildman–Crippen MR) is 48.6 cm³/mol. The summed E-state index contributed by atoms with van der Waals surface area (Å²) in [4.78, 5) is 3.74. The van der Waals surface area contributed by atoms with Gasteiger partial charge in [-0.15, -0.1) is 0 Å². The van der Waals surface area contributed by atoms with Crippen LogP contribution in [-0.2, 0) is 0 Å². The molecule has 0 saturated heterocycles. The van der Waals surface area contributed by atoms with Crippen molar-refractivity contribution >= 4 is 34.2 Å². The standard InChI is InChI=1S/C6H3ClF2INO/c7-3-1-5(10)11-2-4(3)12-6(8)9/h1-2,6H. The van der Waals surface area contributed by atoms with E-state index in [9.17, 15) is 8.78 Å². The van der Waals surface area contributed by atoms with Gasteiger partial charge >= 0.3 is 6.61 Å². The lowest BCUT2D eigenvalue weighted by molar-refractivity contribution is -0.0500. The van der Waals surface area contributed by atoms with Crippen molar-refractivity contribution in [3.63, 3.8) is 0 Å². The van der Waals surface area contributed by atoms with Gasteiger partial charge in [0.15, 0.2) is 5.75 Å². The Labute approximate surface area is 86.0 Å². The molecule has 12 heavy (non-hydrogen) atoms. The molecule has 1 aromatic heterocycles. The second-order valence-corrected chi connectivity index (χ2v) is 3.33. The Balaban J connectivity index is 2.86. The molecule has 0 aliphatic rings. The molecule has 66 valence electrons. The molecule has 0 aromatic carbocycles. The molecule has 0 aliphatic carbocycles. The lowest BCUT2D eigenvalue weighted by Gasteiger charge is -2.04. The van der Waals surface area contributed by atoms with Gasteiger partial charge in [-0.25, -0.2) is 4.98 Å². The van der Waals surface area contributed by atoms with Gasteiger partial charge in [-0.1, -0.05) is 11.6 Å². The Morgan fingerprint density at radius 1 is 1.58 bits per heavy atom. The summed E-state index contributed by atoms with van der Waals surface area (Å²) in [6, 6.07) is 1.44. The van der Waals surface area contributed by atoms with Crippen molar-refractivity contribution in [3.8, 4) is 5.75 Å². The highest BCUT2D eigenvalue weighted by Crippen LogP contribution is 2.25. The first-order chi connectivity index (χ1) is 5.59. The van der Waals surface area contributed by atoms with Gasteiger partial charge in [0.1, 0.15) is 3.70 Å². The Morgan fingerprint density at radius 2 is 2.25 bits per heavy atom. The molecule has 0 radical (unpaired) electrons. The topological polar surface area (TPSA) is 22.1 Å². The van der Waals surface area contributed by atoms with Gasteiger partial charge in [0.05, 0.1) is 11.2 Å². The van der Waals surface area contributed by atoms with Gasteiger partial charge in [0, 0.05) is 0 Å². The summed E-state index contributed by atoms with van der Waals surface area (Å²) >= 11 is 7.49. The largest absolute Gasteiger partial charge is 0.432 e. The van der Waals surface area contributed by atoms with E-state index in [0.717, 1.165) is 6.20 Å². The quantitative estimate of drug-likeness (QED) is 0.619. The van der Waals surface area contributed by atoms with E-state index in [0.29, 0.717) is 3.70 Å². The van der Waals surface area contributed by atoms with Crippen molar-refractivity contribution in [1.29, 1.82) is 0 Å². The highest BCUT2D eigenvalue weighted by atomic mass is 127. The van der Waals surface area contributed by atoms with Crippen LogP contribution in [0.15, 0.2) is 12.3 Å². The van der Waals surface area contributed by atoms with E-state index in [2.05, 4.69) is 9.72 Å². The molecule has 0 spiro atoms. The third-order valence-corrected chi connectivity index (χ3v) is 1.89. The molecule has 0 saturated carbocycles. The minimum atomic E-state index is -2.87. The fourth-order valence-corrected chi connectivity index (χ4v) is 1.41. The minimum absolute atomic E-state index is 0.105. The molecule has 0 bridgehead atoms. The van der Waals surface area contributed by atoms with Gasteiger partial charge in [0.2, 0.25) is 0 Å². The van der Waals surface area contributed by atoms with Crippen LogP contribution in [0.2, 0.25) is 5.02 Å².